The Bertz CT molecular complexity index is 299. The highest BCUT2D eigenvalue weighted by molar-refractivity contribution is 5.30. The predicted molar refractivity (Wildman–Crippen MR) is 68.7 cm³/mol. The van der Waals surface area contributed by atoms with Crippen LogP contribution in [0.25, 0.3) is 0 Å². The van der Waals surface area contributed by atoms with E-state index in [0.29, 0.717) is 6.04 Å². The highest BCUT2D eigenvalue weighted by Crippen LogP contribution is 2.19. The average Bonchev–Trinajstić information content (AvgIpc) is 2.34. The molecule has 16 heavy (non-hydrogen) atoms. The molecule has 0 bridgehead atoms. The molecule has 0 aliphatic heterocycles. The van der Waals surface area contributed by atoms with Gasteiger partial charge < -0.3 is 10.1 Å². The van der Waals surface area contributed by atoms with Crippen molar-refractivity contribution in [2.75, 3.05) is 19.8 Å². The van der Waals surface area contributed by atoms with Gasteiger partial charge in [0, 0.05) is 6.61 Å². The first-order valence-corrected chi connectivity index (χ1v) is 6.22. The van der Waals surface area contributed by atoms with Gasteiger partial charge >= 0.3 is 0 Å². The summed E-state index contributed by atoms with van der Waals surface area (Å²) in [5.74, 6) is 0. The Balaban J connectivity index is 2.81. The van der Waals surface area contributed by atoms with E-state index in [4.69, 9.17) is 4.74 Å². The summed E-state index contributed by atoms with van der Waals surface area (Å²) in [7, 11) is 0. The van der Waals surface area contributed by atoms with Gasteiger partial charge in [0.2, 0.25) is 0 Å². The Morgan fingerprint density at radius 1 is 1.19 bits per heavy atom. The molecule has 1 aromatic carbocycles. The van der Waals surface area contributed by atoms with E-state index in [0.717, 1.165) is 26.2 Å². The third-order valence-electron chi connectivity index (χ3n) is 2.75. The second kappa shape index (κ2) is 7.42. The second-order valence-corrected chi connectivity index (χ2v) is 3.82. The van der Waals surface area contributed by atoms with Crippen LogP contribution >= 0.6 is 0 Å². The molecule has 1 unspecified atom stereocenters. The molecule has 0 fully saturated rings. The van der Waals surface area contributed by atoms with Crippen LogP contribution in [0.1, 0.15) is 37.9 Å². The monoisotopic (exact) mass is 221 g/mol. The minimum absolute atomic E-state index is 0.320. The number of hydrogen-bond donors (Lipinski definition) is 1. The fourth-order valence-corrected chi connectivity index (χ4v) is 1.94. The minimum Gasteiger partial charge on any atom is -0.380 e. The van der Waals surface area contributed by atoms with Crippen molar-refractivity contribution in [2.24, 2.45) is 0 Å². The average molecular weight is 221 g/mol. The Morgan fingerprint density at radius 2 is 1.94 bits per heavy atom. The van der Waals surface area contributed by atoms with Gasteiger partial charge in [0.25, 0.3) is 0 Å². The lowest BCUT2D eigenvalue weighted by Crippen LogP contribution is -2.26. The highest BCUT2D eigenvalue weighted by atomic mass is 16.5. The molecule has 0 saturated heterocycles. The number of ether oxygens (including phenoxy) is 1. The third kappa shape index (κ3) is 3.62. The van der Waals surface area contributed by atoms with Crippen LogP contribution in [-0.2, 0) is 11.2 Å². The van der Waals surface area contributed by atoms with Gasteiger partial charge in [0.1, 0.15) is 0 Å². The standard InChI is InChI=1S/C14H23NO/c1-4-12-9-7-8-10-13(12)14(15-5-2)11-16-6-3/h7-10,14-15H,4-6,11H2,1-3H3. The quantitative estimate of drug-likeness (QED) is 0.764. The summed E-state index contributed by atoms with van der Waals surface area (Å²) in [5, 5.41) is 3.48. The van der Waals surface area contributed by atoms with Crippen LogP contribution in [0.15, 0.2) is 24.3 Å². The zero-order valence-corrected chi connectivity index (χ0v) is 10.6. The Morgan fingerprint density at radius 3 is 2.56 bits per heavy atom. The first-order chi connectivity index (χ1) is 7.83. The summed E-state index contributed by atoms with van der Waals surface area (Å²) in [6, 6.07) is 8.93. The van der Waals surface area contributed by atoms with Gasteiger partial charge in [-0.3, -0.25) is 0 Å². The molecule has 90 valence electrons. The number of nitrogens with one attached hydrogen (secondary N) is 1. The van der Waals surface area contributed by atoms with Crippen molar-refractivity contribution >= 4 is 0 Å². The maximum absolute atomic E-state index is 5.54. The van der Waals surface area contributed by atoms with E-state index < -0.39 is 0 Å². The van der Waals surface area contributed by atoms with Crippen LogP contribution in [0.4, 0.5) is 0 Å². The number of aryl methyl sites for hydroxylation is 1. The van der Waals surface area contributed by atoms with Crippen LogP contribution in [0.5, 0.6) is 0 Å². The summed E-state index contributed by atoms with van der Waals surface area (Å²) in [6.45, 7) is 8.86. The molecule has 0 amide bonds. The summed E-state index contributed by atoms with van der Waals surface area (Å²) >= 11 is 0. The molecule has 0 spiro atoms. The highest BCUT2D eigenvalue weighted by Gasteiger charge is 2.12. The van der Waals surface area contributed by atoms with Gasteiger partial charge in [-0.05, 0) is 31.0 Å². The molecule has 0 saturated carbocycles. The van der Waals surface area contributed by atoms with Crippen LogP contribution in [0.2, 0.25) is 0 Å². The molecule has 1 N–H and O–H groups in total. The van der Waals surface area contributed by atoms with Crippen LogP contribution in [0, 0.1) is 0 Å². The van der Waals surface area contributed by atoms with Gasteiger partial charge in [-0.2, -0.15) is 0 Å². The lowest BCUT2D eigenvalue weighted by atomic mass is 9.99. The predicted octanol–water partition coefficient (Wildman–Crippen LogP) is 2.94. The molecule has 1 atom stereocenters. The number of likely N-dealkylation sites (N-methyl/N-ethyl adjacent to an activating group) is 1. The van der Waals surface area contributed by atoms with Crippen molar-refractivity contribution in [2.45, 2.75) is 33.2 Å². The zero-order valence-electron chi connectivity index (χ0n) is 10.6. The van der Waals surface area contributed by atoms with Gasteiger partial charge in [0.05, 0.1) is 12.6 Å². The number of hydrogen-bond acceptors (Lipinski definition) is 2. The lowest BCUT2D eigenvalue weighted by molar-refractivity contribution is 0.123. The maximum atomic E-state index is 5.54. The molecule has 1 aromatic rings. The van der Waals surface area contributed by atoms with E-state index in [9.17, 15) is 0 Å². The number of benzene rings is 1. The summed E-state index contributed by atoms with van der Waals surface area (Å²) < 4.78 is 5.54. The van der Waals surface area contributed by atoms with Crippen molar-refractivity contribution in [3.05, 3.63) is 35.4 Å². The van der Waals surface area contributed by atoms with E-state index in [2.05, 4.69) is 43.4 Å². The van der Waals surface area contributed by atoms with Gasteiger partial charge in [0.15, 0.2) is 0 Å². The molecule has 2 heteroatoms. The van der Waals surface area contributed by atoms with Gasteiger partial charge in [-0.15, -0.1) is 0 Å². The molecule has 2 nitrogen and oxygen atoms in total. The van der Waals surface area contributed by atoms with Crippen LogP contribution < -0.4 is 5.32 Å². The van der Waals surface area contributed by atoms with Crippen molar-refractivity contribution in [3.63, 3.8) is 0 Å². The van der Waals surface area contributed by atoms with Crippen molar-refractivity contribution in [1.82, 2.24) is 5.32 Å². The molecule has 1 rings (SSSR count). The SMILES string of the molecule is CCNC(COCC)c1ccccc1CC. The lowest BCUT2D eigenvalue weighted by Gasteiger charge is -2.20. The van der Waals surface area contributed by atoms with E-state index in [1.807, 2.05) is 6.92 Å². The van der Waals surface area contributed by atoms with Gasteiger partial charge in [-0.25, -0.2) is 0 Å². The molecular weight excluding hydrogens is 198 g/mol. The van der Waals surface area contributed by atoms with Crippen molar-refractivity contribution < 1.29 is 4.74 Å². The molecule has 0 aliphatic carbocycles. The summed E-state index contributed by atoms with van der Waals surface area (Å²) in [5.41, 5.74) is 2.79. The van der Waals surface area contributed by atoms with E-state index in [1.165, 1.54) is 11.1 Å². The maximum Gasteiger partial charge on any atom is 0.0661 e. The second-order valence-electron chi connectivity index (χ2n) is 3.82. The largest absolute Gasteiger partial charge is 0.380 e. The Labute approximate surface area is 99.0 Å². The van der Waals surface area contributed by atoms with E-state index in [1.54, 1.807) is 0 Å². The first-order valence-electron chi connectivity index (χ1n) is 6.22. The van der Waals surface area contributed by atoms with Crippen molar-refractivity contribution in [1.29, 1.82) is 0 Å². The first kappa shape index (κ1) is 13.2. The smallest absolute Gasteiger partial charge is 0.0661 e. The molecule has 0 heterocycles. The van der Waals surface area contributed by atoms with Crippen LogP contribution in [-0.4, -0.2) is 19.8 Å². The van der Waals surface area contributed by atoms with E-state index >= 15 is 0 Å². The van der Waals surface area contributed by atoms with E-state index in [-0.39, 0.29) is 0 Å². The molecule has 0 aromatic heterocycles. The number of rotatable bonds is 7. The molecule has 0 radical (unpaired) electrons. The fraction of sp³-hybridized carbons (Fsp3) is 0.571. The Kier molecular flexibility index (Phi) is 6.12. The Hall–Kier alpha value is -0.860. The summed E-state index contributed by atoms with van der Waals surface area (Å²) in [6.07, 6.45) is 1.07. The zero-order chi connectivity index (χ0) is 11.8. The molecular formula is C14H23NO. The topological polar surface area (TPSA) is 21.3 Å². The third-order valence-corrected chi connectivity index (χ3v) is 2.75. The van der Waals surface area contributed by atoms with Gasteiger partial charge in [-0.1, -0.05) is 38.1 Å². The fourth-order valence-electron chi connectivity index (χ4n) is 1.94. The summed E-state index contributed by atoms with van der Waals surface area (Å²) in [4.78, 5) is 0. The normalized spacial score (nSPS) is 12.7. The van der Waals surface area contributed by atoms with Crippen LogP contribution in [0.3, 0.4) is 0 Å². The minimum atomic E-state index is 0.320. The van der Waals surface area contributed by atoms with Crippen molar-refractivity contribution in [3.8, 4) is 0 Å². The molecule has 0 aliphatic rings.